The second-order valence-corrected chi connectivity index (χ2v) is 10.2. The minimum atomic E-state index is -5.43. The van der Waals surface area contributed by atoms with Gasteiger partial charge in [0.15, 0.2) is 0 Å². The van der Waals surface area contributed by atoms with Crippen LogP contribution in [0.3, 0.4) is 0 Å². The molecule has 0 N–H and O–H groups in total. The topological polar surface area (TPSA) is 78.9 Å². The summed E-state index contributed by atoms with van der Waals surface area (Å²) in [5.74, 6) is -9.17. The third kappa shape index (κ3) is 5.53. The van der Waals surface area contributed by atoms with Crippen LogP contribution in [0.4, 0.5) is 39.5 Å². The van der Waals surface area contributed by atoms with E-state index in [1.54, 1.807) is 0 Å². The van der Waals surface area contributed by atoms with E-state index in [4.69, 9.17) is 0 Å². The van der Waals surface area contributed by atoms with Gasteiger partial charge >= 0.3 is 36.4 Å². The molecule has 3 aliphatic carbocycles. The van der Waals surface area contributed by atoms with Crippen molar-refractivity contribution in [1.82, 2.24) is 0 Å². The number of rotatable bonds is 3. The first kappa shape index (κ1) is 29.0. The van der Waals surface area contributed by atoms with E-state index in [-0.39, 0.29) is 36.8 Å². The van der Waals surface area contributed by atoms with E-state index in [9.17, 15) is 53.9 Å². The Balaban J connectivity index is 1.61. The SMILES string of the molecule is C[C@]12CC[C@@H]3c4ccc(OC(=O)C(F)(F)F)cc4CCC3[C@@H]1C[C@H](OC(=O)C(F)(F)F)[C@@H]2OC(=O)C(F)(F)F. The van der Waals surface area contributed by atoms with Gasteiger partial charge in [0.05, 0.1) is 0 Å². The summed E-state index contributed by atoms with van der Waals surface area (Å²) >= 11 is 0. The van der Waals surface area contributed by atoms with Crippen molar-refractivity contribution < 1.29 is 68.1 Å². The summed E-state index contributed by atoms with van der Waals surface area (Å²) in [5, 5.41) is 0. The quantitative estimate of drug-likeness (QED) is 0.266. The molecule has 0 aliphatic heterocycles. The molecule has 0 aromatic heterocycles. The van der Waals surface area contributed by atoms with Crippen LogP contribution in [0.25, 0.3) is 0 Å². The van der Waals surface area contributed by atoms with Gasteiger partial charge in [-0.15, -0.1) is 0 Å². The predicted octanol–water partition coefficient (Wildman–Crippen LogP) is 5.57. The highest BCUT2D eigenvalue weighted by Gasteiger charge is 2.63. The van der Waals surface area contributed by atoms with E-state index >= 15 is 0 Å². The van der Waals surface area contributed by atoms with Crippen LogP contribution in [-0.4, -0.2) is 48.6 Å². The Morgan fingerprint density at radius 3 is 2.03 bits per heavy atom. The summed E-state index contributed by atoms with van der Waals surface area (Å²) in [6, 6.07) is 3.94. The smallest absolute Gasteiger partial charge is 0.452 e. The lowest BCUT2D eigenvalue weighted by Gasteiger charge is -2.50. The summed E-state index contributed by atoms with van der Waals surface area (Å²) < 4.78 is 129. The van der Waals surface area contributed by atoms with Gasteiger partial charge in [-0.25, -0.2) is 14.4 Å². The molecule has 0 saturated heterocycles. The highest BCUT2D eigenvalue weighted by molar-refractivity contribution is 5.78. The van der Waals surface area contributed by atoms with Gasteiger partial charge in [-0.1, -0.05) is 13.0 Å². The first-order valence-electron chi connectivity index (χ1n) is 11.8. The van der Waals surface area contributed by atoms with Gasteiger partial charge in [0.1, 0.15) is 18.0 Å². The predicted molar refractivity (Wildman–Crippen MR) is 110 cm³/mol. The Morgan fingerprint density at radius 2 is 1.44 bits per heavy atom. The number of alkyl halides is 9. The molecule has 6 atom stereocenters. The van der Waals surface area contributed by atoms with Crippen LogP contribution >= 0.6 is 0 Å². The van der Waals surface area contributed by atoms with Gasteiger partial charge in [-0.3, -0.25) is 0 Å². The largest absolute Gasteiger partial charge is 0.491 e. The van der Waals surface area contributed by atoms with Gasteiger partial charge in [0.25, 0.3) is 0 Å². The van der Waals surface area contributed by atoms with Crippen molar-refractivity contribution in [2.45, 2.75) is 75.7 Å². The average Bonchev–Trinajstić information content (AvgIpc) is 3.08. The fraction of sp³-hybridized carbons (Fsp3) is 0.625. The number of ether oxygens (including phenoxy) is 3. The van der Waals surface area contributed by atoms with Gasteiger partial charge in [-0.05, 0) is 73.1 Å². The molecule has 2 fully saturated rings. The zero-order chi connectivity index (χ0) is 29.1. The Bertz CT molecular complexity index is 1160. The van der Waals surface area contributed by atoms with Gasteiger partial charge in [0, 0.05) is 5.41 Å². The number of esters is 3. The third-order valence-corrected chi connectivity index (χ3v) is 8.01. The molecule has 0 bridgehead atoms. The highest BCUT2D eigenvalue weighted by atomic mass is 19.4. The molecule has 216 valence electrons. The van der Waals surface area contributed by atoms with E-state index in [2.05, 4.69) is 14.2 Å². The number of halogens is 9. The second kappa shape index (κ2) is 9.58. The van der Waals surface area contributed by atoms with E-state index in [1.165, 1.54) is 25.1 Å². The van der Waals surface area contributed by atoms with Crippen LogP contribution in [-0.2, 0) is 30.3 Å². The van der Waals surface area contributed by atoms with Gasteiger partial charge < -0.3 is 14.2 Å². The van der Waals surface area contributed by atoms with Gasteiger partial charge in [-0.2, -0.15) is 39.5 Å². The lowest BCUT2D eigenvalue weighted by atomic mass is 9.55. The number of hydrogen-bond acceptors (Lipinski definition) is 6. The lowest BCUT2D eigenvalue weighted by Crippen LogP contribution is -2.48. The van der Waals surface area contributed by atoms with Crippen LogP contribution < -0.4 is 4.74 Å². The molecule has 39 heavy (non-hydrogen) atoms. The van der Waals surface area contributed by atoms with Crippen LogP contribution in [0.5, 0.6) is 5.75 Å². The minimum absolute atomic E-state index is 0.0962. The zero-order valence-corrected chi connectivity index (χ0v) is 20.0. The van der Waals surface area contributed by atoms with E-state index in [1.807, 2.05) is 0 Å². The zero-order valence-electron chi connectivity index (χ0n) is 20.0. The van der Waals surface area contributed by atoms with Crippen LogP contribution in [0.1, 0.15) is 49.7 Å². The van der Waals surface area contributed by atoms with E-state index < -0.39 is 60.0 Å². The molecule has 2 saturated carbocycles. The molecule has 4 rings (SSSR count). The fourth-order valence-corrected chi connectivity index (χ4v) is 6.44. The molecule has 1 aromatic carbocycles. The number of fused-ring (bicyclic) bond motifs is 5. The van der Waals surface area contributed by atoms with Crippen molar-refractivity contribution in [3.05, 3.63) is 29.3 Å². The first-order chi connectivity index (χ1) is 17.8. The number of carbonyl (C=O) groups excluding carboxylic acids is 3. The Labute approximate surface area is 214 Å². The Kier molecular flexibility index (Phi) is 7.12. The normalized spacial score (nSPS) is 30.5. The molecule has 6 nitrogen and oxygen atoms in total. The molecule has 1 aromatic rings. The molecule has 0 radical (unpaired) electrons. The van der Waals surface area contributed by atoms with Crippen molar-refractivity contribution in [1.29, 1.82) is 0 Å². The van der Waals surface area contributed by atoms with Crippen molar-refractivity contribution >= 4 is 17.9 Å². The third-order valence-electron chi connectivity index (χ3n) is 8.01. The standard InChI is InChI=1S/C24H21F9O6/c1-21-7-6-13-12-5-3-11(37-18(34)22(25,26)27)8-10(12)2-4-14(13)15(21)9-16(38-19(35)23(28,29)30)17(21)39-20(36)24(31,32)33/h3,5,8,13-17H,2,4,6-7,9H2,1H3/t13-,14?,15+,16+,17+,21+/m1/s1. The second-order valence-electron chi connectivity index (χ2n) is 10.2. The van der Waals surface area contributed by atoms with Gasteiger partial charge in [0.2, 0.25) is 0 Å². The summed E-state index contributed by atoms with van der Waals surface area (Å²) in [4.78, 5) is 34.4. The first-order valence-corrected chi connectivity index (χ1v) is 11.8. The summed E-state index contributed by atoms with van der Waals surface area (Å²) in [6.07, 6.45) is -18.9. The maximum atomic E-state index is 13.0. The number of aryl methyl sites for hydroxylation is 1. The summed E-state index contributed by atoms with van der Waals surface area (Å²) in [6.45, 7) is 1.48. The minimum Gasteiger partial charge on any atom is -0.452 e. The average molecular weight is 576 g/mol. The monoisotopic (exact) mass is 576 g/mol. The molecule has 0 amide bonds. The number of carbonyl (C=O) groups is 3. The van der Waals surface area contributed by atoms with Crippen LogP contribution in [0.15, 0.2) is 18.2 Å². The molecule has 0 heterocycles. The van der Waals surface area contributed by atoms with Crippen LogP contribution in [0.2, 0.25) is 0 Å². The van der Waals surface area contributed by atoms with E-state index in [0.29, 0.717) is 24.0 Å². The molecule has 1 unspecified atom stereocenters. The highest BCUT2D eigenvalue weighted by Crippen LogP contribution is 2.62. The Hall–Kier alpha value is -3.00. The molecule has 0 spiro atoms. The van der Waals surface area contributed by atoms with Crippen molar-refractivity contribution in [3.63, 3.8) is 0 Å². The molecular formula is C24H21F9O6. The van der Waals surface area contributed by atoms with Crippen molar-refractivity contribution in [2.24, 2.45) is 17.3 Å². The molecule has 3 aliphatic rings. The maximum absolute atomic E-state index is 13.0. The fourth-order valence-electron chi connectivity index (χ4n) is 6.44. The van der Waals surface area contributed by atoms with Crippen LogP contribution in [0, 0.1) is 17.3 Å². The lowest BCUT2D eigenvalue weighted by molar-refractivity contribution is -0.225. The number of hydrogen-bond donors (Lipinski definition) is 0. The summed E-state index contributed by atoms with van der Waals surface area (Å²) in [5.41, 5.74) is 0.0308. The van der Waals surface area contributed by atoms with E-state index in [0.717, 1.165) is 0 Å². The molecule has 15 heteroatoms. The molecular weight excluding hydrogens is 555 g/mol. The maximum Gasteiger partial charge on any atom is 0.491 e. The van der Waals surface area contributed by atoms with Crippen molar-refractivity contribution in [2.75, 3.05) is 0 Å². The Morgan fingerprint density at radius 1 is 0.846 bits per heavy atom. The number of benzene rings is 1. The van der Waals surface area contributed by atoms with Crippen molar-refractivity contribution in [3.8, 4) is 5.75 Å². The summed E-state index contributed by atoms with van der Waals surface area (Å²) in [7, 11) is 0.